The quantitative estimate of drug-likeness (QED) is 0.183. The van der Waals surface area contributed by atoms with Gasteiger partial charge in [-0.05, 0) is 92.5 Å². The average Bonchev–Trinajstić information content (AvgIpc) is 3.65. The largest absolute Gasteiger partial charge is 0.481 e. The lowest BCUT2D eigenvalue weighted by Gasteiger charge is -2.40. The summed E-state index contributed by atoms with van der Waals surface area (Å²) in [6.45, 7) is 1.53. The number of aryl methyl sites for hydroxylation is 1. The number of anilines is 1. The first-order valence-corrected chi connectivity index (χ1v) is 15.5. The number of fused-ring (bicyclic) bond motifs is 1. The molecule has 0 bridgehead atoms. The lowest BCUT2D eigenvalue weighted by molar-refractivity contribution is -0.132. The van der Waals surface area contributed by atoms with E-state index in [1.807, 2.05) is 43.6 Å². The predicted molar refractivity (Wildman–Crippen MR) is 174 cm³/mol. The molecular formula is C36H38N4O5. The van der Waals surface area contributed by atoms with Crippen molar-refractivity contribution in [3.05, 3.63) is 83.1 Å². The molecule has 2 amide bonds. The van der Waals surface area contributed by atoms with Gasteiger partial charge in [-0.1, -0.05) is 31.0 Å². The van der Waals surface area contributed by atoms with Crippen LogP contribution in [0.25, 0.3) is 28.2 Å². The van der Waals surface area contributed by atoms with Gasteiger partial charge in [0.05, 0.1) is 12.8 Å². The van der Waals surface area contributed by atoms with Gasteiger partial charge >= 0.3 is 5.97 Å². The summed E-state index contributed by atoms with van der Waals surface area (Å²) in [6, 6.07) is 16.7. The standard InChI is InChI=1S/C36H38N4O5/c1-22(34(42)43)19-23-9-13-27(14-10-23)38-35(44)36(17-6-18-36)39-33(41)25-11-15-28-29(20-25)40(2)32(31(28)24-7-4-5-8-24)26-12-16-30(45-3)37-21-26/h9-16,19-21,24H,4-8,17-18H2,1-3H3,(H,38,44)(H,39,41)(H,42,43)/b22-19+. The van der Waals surface area contributed by atoms with Crippen LogP contribution in [0, 0.1) is 0 Å². The molecule has 232 valence electrons. The number of pyridine rings is 1. The zero-order chi connectivity index (χ0) is 31.7. The number of ether oxygens (including phenoxy) is 1. The smallest absolute Gasteiger partial charge is 0.331 e. The SMILES string of the molecule is COc1ccc(-c2c(C3CCCC3)c3ccc(C(=O)NC4(C(=O)Nc5ccc(/C=C(\C)C(=O)O)cc5)CCC4)cc3n2C)cn1. The van der Waals surface area contributed by atoms with Crippen LogP contribution >= 0.6 is 0 Å². The van der Waals surface area contributed by atoms with Crippen molar-refractivity contribution in [3.8, 4) is 17.1 Å². The molecule has 2 heterocycles. The van der Waals surface area contributed by atoms with Crippen molar-refractivity contribution in [1.29, 1.82) is 0 Å². The van der Waals surface area contributed by atoms with E-state index in [1.165, 1.54) is 25.3 Å². The van der Waals surface area contributed by atoms with Gasteiger partial charge in [0, 0.05) is 52.6 Å². The number of rotatable bonds is 9. The van der Waals surface area contributed by atoms with E-state index in [1.54, 1.807) is 37.5 Å². The summed E-state index contributed by atoms with van der Waals surface area (Å²) >= 11 is 0. The third-order valence-corrected chi connectivity index (χ3v) is 9.37. The molecule has 0 saturated heterocycles. The Labute approximate surface area is 262 Å². The van der Waals surface area contributed by atoms with E-state index in [0.29, 0.717) is 35.9 Å². The molecule has 9 nitrogen and oxygen atoms in total. The minimum absolute atomic E-state index is 0.222. The van der Waals surface area contributed by atoms with Crippen molar-refractivity contribution in [2.75, 3.05) is 12.4 Å². The van der Waals surface area contributed by atoms with Gasteiger partial charge in [-0.2, -0.15) is 0 Å². The van der Waals surface area contributed by atoms with E-state index in [4.69, 9.17) is 9.84 Å². The van der Waals surface area contributed by atoms with Crippen molar-refractivity contribution in [3.63, 3.8) is 0 Å². The number of hydrogen-bond acceptors (Lipinski definition) is 5. The van der Waals surface area contributed by atoms with E-state index < -0.39 is 11.5 Å². The molecule has 0 unspecified atom stereocenters. The zero-order valence-electron chi connectivity index (χ0n) is 25.9. The van der Waals surface area contributed by atoms with E-state index in [0.717, 1.165) is 47.0 Å². The Morgan fingerprint density at radius 3 is 2.36 bits per heavy atom. The molecule has 0 radical (unpaired) electrons. The fourth-order valence-corrected chi connectivity index (χ4v) is 6.68. The van der Waals surface area contributed by atoms with E-state index in [-0.39, 0.29) is 17.4 Å². The molecule has 2 fully saturated rings. The molecule has 6 rings (SSSR count). The van der Waals surface area contributed by atoms with Gasteiger partial charge in [-0.25, -0.2) is 9.78 Å². The monoisotopic (exact) mass is 606 g/mol. The highest BCUT2D eigenvalue weighted by Crippen LogP contribution is 2.45. The molecular weight excluding hydrogens is 568 g/mol. The van der Waals surface area contributed by atoms with Crippen LogP contribution in [0.1, 0.15) is 79.3 Å². The van der Waals surface area contributed by atoms with Gasteiger partial charge < -0.3 is 25.0 Å². The molecule has 2 aromatic heterocycles. The number of amides is 2. The van der Waals surface area contributed by atoms with Crippen molar-refractivity contribution in [2.45, 2.75) is 63.3 Å². The Bertz CT molecular complexity index is 1790. The number of methoxy groups -OCH3 is 1. The number of carbonyl (C=O) groups is 3. The number of nitrogens with one attached hydrogen (secondary N) is 2. The Hall–Kier alpha value is -4.92. The van der Waals surface area contributed by atoms with Crippen LogP contribution in [0.3, 0.4) is 0 Å². The summed E-state index contributed by atoms with van der Waals surface area (Å²) < 4.78 is 7.44. The van der Waals surface area contributed by atoms with E-state index >= 15 is 0 Å². The predicted octanol–water partition coefficient (Wildman–Crippen LogP) is 6.69. The number of aromatic nitrogens is 2. The molecule has 45 heavy (non-hydrogen) atoms. The van der Waals surface area contributed by atoms with Crippen LogP contribution in [0.4, 0.5) is 5.69 Å². The molecule has 0 aliphatic heterocycles. The molecule has 9 heteroatoms. The first kappa shape index (κ1) is 30.1. The minimum atomic E-state index is -0.992. The second-order valence-corrected chi connectivity index (χ2v) is 12.2. The van der Waals surface area contributed by atoms with Gasteiger partial charge in [0.25, 0.3) is 5.91 Å². The number of benzene rings is 2. The van der Waals surface area contributed by atoms with Crippen molar-refractivity contribution in [1.82, 2.24) is 14.9 Å². The summed E-state index contributed by atoms with van der Waals surface area (Å²) in [6.07, 6.45) is 10.0. The molecule has 2 aliphatic carbocycles. The third kappa shape index (κ3) is 5.82. The maximum atomic E-state index is 13.7. The van der Waals surface area contributed by atoms with E-state index in [9.17, 15) is 14.4 Å². The topological polar surface area (TPSA) is 123 Å². The zero-order valence-corrected chi connectivity index (χ0v) is 25.9. The molecule has 4 aromatic rings. The first-order chi connectivity index (χ1) is 21.7. The Morgan fingerprint density at radius 1 is 1.02 bits per heavy atom. The molecule has 3 N–H and O–H groups in total. The summed E-state index contributed by atoms with van der Waals surface area (Å²) in [5.74, 6) is -0.519. The maximum absolute atomic E-state index is 13.7. The molecule has 2 aliphatic rings. The summed E-state index contributed by atoms with van der Waals surface area (Å²) in [5.41, 5.74) is 5.42. The van der Waals surface area contributed by atoms with Gasteiger partial charge in [0.15, 0.2) is 0 Å². The highest BCUT2D eigenvalue weighted by molar-refractivity contribution is 6.06. The number of carbonyl (C=O) groups excluding carboxylic acids is 2. The lowest BCUT2D eigenvalue weighted by atomic mass is 9.75. The van der Waals surface area contributed by atoms with Crippen LogP contribution in [-0.4, -0.2) is 45.1 Å². The summed E-state index contributed by atoms with van der Waals surface area (Å²) in [5, 5.41) is 16.3. The van der Waals surface area contributed by atoms with Crippen molar-refractivity contribution >= 4 is 40.4 Å². The van der Waals surface area contributed by atoms with Gasteiger partial charge in [-0.15, -0.1) is 0 Å². The van der Waals surface area contributed by atoms with Crippen LogP contribution in [0.15, 0.2) is 66.4 Å². The van der Waals surface area contributed by atoms with Crippen molar-refractivity contribution in [2.24, 2.45) is 7.05 Å². The fourth-order valence-electron chi connectivity index (χ4n) is 6.68. The first-order valence-electron chi connectivity index (χ1n) is 15.5. The third-order valence-electron chi connectivity index (χ3n) is 9.37. The van der Waals surface area contributed by atoms with Crippen molar-refractivity contribution < 1.29 is 24.2 Å². The normalized spacial score (nSPS) is 16.3. The van der Waals surface area contributed by atoms with Crippen LogP contribution in [-0.2, 0) is 16.6 Å². The lowest BCUT2D eigenvalue weighted by Crippen LogP contribution is -2.61. The Balaban J connectivity index is 1.25. The molecule has 2 aromatic carbocycles. The number of hydrogen-bond donors (Lipinski definition) is 3. The van der Waals surface area contributed by atoms with Gasteiger partial charge in [-0.3, -0.25) is 9.59 Å². The minimum Gasteiger partial charge on any atom is -0.481 e. The van der Waals surface area contributed by atoms with Gasteiger partial charge in [0.1, 0.15) is 5.54 Å². The molecule has 0 atom stereocenters. The number of carboxylic acid groups (broad SMARTS) is 1. The second-order valence-electron chi connectivity index (χ2n) is 12.2. The second kappa shape index (κ2) is 12.2. The highest BCUT2D eigenvalue weighted by Gasteiger charge is 2.45. The number of aliphatic carboxylic acids is 1. The van der Waals surface area contributed by atoms with Crippen LogP contribution < -0.4 is 15.4 Å². The number of carboxylic acids is 1. The summed E-state index contributed by atoms with van der Waals surface area (Å²) in [7, 11) is 3.64. The Morgan fingerprint density at radius 2 is 1.76 bits per heavy atom. The van der Waals surface area contributed by atoms with E-state index in [2.05, 4.69) is 20.2 Å². The summed E-state index contributed by atoms with van der Waals surface area (Å²) in [4.78, 5) is 42.7. The number of nitrogens with zero attached hydrogens (tertiary/aromatic N) is 2. The van der Waals surface area contributed by atoms with Gasteiger partial charge in [0.2, 0.25) is 11.8 Å². The molecule has 2 saturated carbocycles. The average molecular weight is 607 g/mol. The highest BCUT2D eigenvalue weighted by atomic mass is 16.5. The van der Waals surface area contributed by atoms with Crippen LogP contribution in [0.2, 0.25) is 0 Å². The van der Waals surface area contributed by atoms with Crippen LogP contribution in [0.5, 0.6) is 5.88 Å². The molecule has 0 spiro atoms. The maximum Gasteiger partial charge on any atom is 0.331 e. The fraction of sp³-hybridized carbons (Fsp3) is 0.333. The Kier molecular flexibility index (Phi) is 8.18.